The fourth-order valence-electron chi connectivity index (χ4n) is 3.76. The average Bonchev–Trinajstić information content (AvgIpc) is 2.95. The number of halogens is 1. The Morgan fingerprint density at radius 2 is 1.21 bits per heavy atom. The molecule has 4 rings (SSSR count). The predicted molar refractivity (Wildman–Crippen MR) is 147 cm³/mol. The Balaban J connectivity index is 1.46. The SMILES string of the molecule is CN(C[C@H](O)c1cc(OCc2ccccc2)c(OCc2ccccc2)cc1Cl)C(=O)OCc1ccccc1. The van der Waals surface area contributed by atoms with Crippen molar-refractivity contribution in [3.05, 3.63) is 130 Å². The van der Waals surface area contributed by atoms with Crippen molar-refractivity contribution >= 4 is 17.7 Å². The van der Waals surface area contributed by atoms with E-state index in [0.717, 1.165) is 16.7 Å². The topological polar surface area (TPSA) is 68.2 Å². The first-order chi connectivity index (χ1) is 18.5. The summed E-state index contributed by atoms with van der Waals surface area (Å²) in [5.41, 5.74) is 3.28. The van der Waals surface area contributed by atoms with Crippen molar-refractivity contribution in [1.29, 1.82) is 0 Å². The van der Waals surface area contributed by atoms with Gasteiger partial charge in [-0.3, -0.25) is 0 Å². The van der Waals surface area contributed by atoms with E-state index in [2.05, 4.69) is 0 Å². The maximum absolute atomic E-state index is 12.5. The van der Waals surface area contributed by atoms with Crippen molar-refractivity contribution < 1.29 is 24.1 Å². The number of aliphatic hydroxyl groups excluding tert-OH is 1. The Morgan fingerprint density at radius 3 is 1.71 bits per heavy atom. The van der Waals surface area contributed by atoms with E-state index in [1.807, 2.05) is 91.0 Å². The number of benzene rings is 4. The molecule has 0 heterocycles. The van der Waals surface area contributed by atoms with Crippen LogP contribution in [0.1, 0.15) is 28.4 Å². The van der Waals surface area contributed by atoms with Crippen molar-refractivity contribution in [3.8, 4) is 11.5 Å². The van der Waals surface area contributed by atoms with Gasteiger partial charge in [-0.15, -0.1) is 0 Å². The van der Waals surface area contributed by atoms with Crippen LogP contribution in [0.4, 0.5) is 4.79 Å². The van der Waals surface area contributed by atoms with E-state index in [1.165, 1.54) is 4.90 Å². The minimum atomic E-state index is -1.07. The highest BCUT2D eigenvalue weighted by Gasteiger charge is 2.21. The largest absolute Gasteiger partial charge is 0.485 e. The first kappa shape index (κ1) is 27.0. The highest BCUT2D eigenvalue weighted by atomic mass is 35.5. The summed E-state index contributed by atoms with van der Waals surface area (Å²) in [6.07, 6.45) is -1.62. The van der Waals surface area contributed by atoms with E-state index in [0.29, 0.717) is 35.3 Å². The van der Waals surface area contributed by atoms with Crippen LogP contribution in [0.5, 0.6) is 11.5 Å². The van der Waals surface area contributed by atoms with Crippen molar-refractivity contribution in [2.24, 2.45) is 0 Å². The number of rotatable bonds is 11. The van der Waals surface area contributed by atoms with Gasteiger partial charge in [0.25, 0.3) is 0 Å². The summed E-state index contributed by atoms with van der Waals surface area (Å²) in [6.45, 7) is 0.768. The Morgan fingerprint density at radius 1 is 0.763 bits per heavy atom. The Kier molecular flexibility index (Phi) is 9.62. The maximum Gasteiger partial charge on any atom is 0.409 e. The molecule has 1 N–H and O–H groups in total. The molecule has 0 spiro atoms. The molecule has 7 heteroatoms. The van der Waals surface area contributed by atoms with Gasteiger partial charge in [0, 0.05) is 18.7 Å². The molecule has 6 nitrogen and oxygen atoms in total. The standard InChI is InChI=1S/C31H30ClNO5/c1-33(31(35)38-22-25-15-9-4-10-16-25)19-28(34)26-17-29(36-20-23-11-5-2-6-12-23)30(18-27(26)32)37-21-24-13-7-3-8-14-24/h2-18,28,34H,19-22H2,1H3/t28-/m0/s1. The van der Waals surface area contributed by atoms with Crippen molar-refractivity contribution in [2.45, 2.75) is 25.9 Å². The van der Waals surface area contributed by atoms with E-state index < -0.39 is 12.2 Å². The molecule has 0 aliphatic carbocycles. The molecular weight excluding hydrogens is 502 g/mol. The molecule has 0 bridgehead atoms. The molecule has 0 aliphatic heterocycles. The van der Waals surface area contributed by atoms with Crippen LogP contribution in [-0.2, 0) is 24.6 Å². The van der Waals surface area contributed by atoms with Crippen LogP contribution in [-0.4, -0.2) is 29.7 Å². The number of carbonyl (C=O) groups excluding carboxylic acids is 1. The molecule has 0 saturated carbocycles. The number of hydrogen-bond acceptors (Lipinski definition) is 5. The summed E-state index contributed by atoms with van der Waals surface area (Å²) in [4.78, 5) is 13.8. The normalized spacial score (nSPS) is 11.4. The van der Waals surface area contributed by atoms with Gasteiger partial charge in [-0.25, -0.2) is 4.79 Å². The third-order valence-corrected chi connectivity index (χ3v) is 6.19. The third-order valence-electron chi connectivity index (χ3n) is 5.86. The van der Waals surface area contributed by atoms with Crippen LogP contribution in [0.3, 0.4) is 0 Å². The van der Waals surface area contributed by atoms with Gasteiger partial charge < -0.3 is 24.2 Å². The van der Waals surface area contributed by atoms with Crippen LogP contribution in [0.2, 0.25) is 5.02 Å². The number of hydrogen-bond donors (Lipinski definition) is 1. The lowest BCUT2D eigenvalue weighted by Crippen LogP contribution is -2.31. The van der Waals surface area contributed by atoms with Crippen LogP contribution in [0.25, 0.3) is 0 Å². The second-order valence-electron chi connectivity index (χ2n) is 8.81. The molecule has 0 unspecified atom stereocenters. The zero-order valence-corrected chi connectivity index (χ0v) is 21.9. The number of nitrogens with zero attached hydrogens (tertiary/aromatic N) is 1. The number of ether oxygens (including phenoxy) is 3. The lowest BCUT2D eigenvalue weighted by atomic mass is 10.1. The van der Waals surface area contributed by atoms with Gasteiger partial charge in [0.05, 0.1) is 17.7 Å². The summed E-state index contributed by atoms with van der Waals surface area (Å²) >= 11 is 6.57. The molecule has 4 aromatic carbocycles. The van der Waals surface area contributed by atoms with E-state index in [1.54, 1.807) is 19.2 Å². The smallest absolute Gasteiger partial charge is 0.409 e. The molecule has 1 atom stereocenters. The number of aliphatic hydroxyl groups is 1. The average molecular weight is 532 g/mol. The fraction of sp³-hybridized carbons (Fsp3) is 0.194. The molecule has 1 amide bonds. The maximum atomic E-state index is 12.5. The lowest BCUT2D eigenvalue weighted by molar-refractivity contribution is 0.0786. The van der Waals surface area contributed by atoms with E-state index >= 15 is 0 Å². The third kappa shape index (κ3) is 7.75. The van der Waals surface area contributed by atoms with Crippen molar-refractivity contribution in [2.75, 3.05) is 13.6 Å². The lowest BCUT2D eigenvalue weighted by Gasteiger charge is -2.23. The van der Waals surface area contributed by atoms with Gasteiger partial charge in [-0.05, 0) is 22.8 Å². The first-order valence-electron chi connectivity index (χ1n) is 12.3. The predicted octanol–water partition coefficient (Wildman–Crippen LogP) is 6.80. The van der Waals surface area contributed by atoms with Gasteiger partial charge >= 0.3 is 6.09 Å². The quantitative estimate of drug-likeness (QED) is 0.230. The number of amides is 1. The summed E-state index contributed by atoms with van der Waals surface area (Å²) in [7, 11) is 1.56. The number of likely N-dealkylation sites (N-methyl/N-ethyl adjacent to an activating group) is 1. The second kappa shape index (κ2) is 13.5. The van der Waals surface area contributed by atoms with Gasteiger partial charge in [-0.2, -0.15) is 0 Å². The first-order valence-corrected chi connectivity index (χ1v) is 12.6. The van der Waals surface area contributed by atoms with E-state index in [-0.39, 0.29) is 13.2 Å². The van der Waals surface area contributed by atoms with Gasteiger partial charge in [0.15, 0.2) is 11.5 Å². The monoisotopic (exact) mass is 531 g/mol. The van der Waals surface area contributed by atoms with Crippen LogP contribution in [0.15, 0.2) is 103 Å². The van der Waals surface area contributed by atoms with Gasteiger partial charge in [0.1, 0.15) is 19.8 Å². The second-order valence-corrected chi connectivity index (χ2v) is 9.21. The van der Waals surface area contributed by atoms with Crippen LogP contribution < -0.4 is 9.47 Å². The van der Waals surface area contributed by atoms with Crippen molar-refractivity contribution in [1.82, 2.24) is 4.90 Å². The number of carbonyl (C=O) groups is 1. The Bertz CT molecular complexity index is 1300. The molecular formula is C31H30ClNO5. The Labute approximate surface area is 228 Å². The molecule has 38 heavy (non-hydrogen) atoms. The minimum Gasteiger partial charge on any atom is -0.485 e. The van der Waals surface area contributed by atoms with E-state index in [4.69, 9.17) is 25.8 Å². The van der Waals surface area contributed by atoms with Crippen LogP contribution in [0, 0.1) is 0 Å². The summed E-state index contributed by atoms with van der Waals surface area (Å²) < 4.78 is 17.5. The molecule has 0 saturated heterocycles. The minimum absolute atomic E-state index is 0.0182. The molecule has 4 aromatic rings. The van der Waals surface area contributed by atoms with Crippen LogP contribution >= 0.6 is 11.6 Å². The zero-order valence-electron chi connectivity index (χ0n) is 21.1. The molecule has 196 valence electrons. The summed E-state index contributed by atoms with van der Waals surface area (Å²) in [6, 6.07) is 32.2. The fourth-order valence-corrected chi connectivity index (χ4v) is 4.04. The molecule has 0 aliphatic rings. The highest BCUT2D eigenvalue weighted by Crippen LogP contribution is 2.37. The summed E-state index contributed by atoms with van der Waals surface area (Å²) in [5, 5.41) is 11.3. The van der Waals surface area contributed by atoms with Gasteiger partial charge in [0.2, 0.25) is 0 Å². The molecule has 0 fully saturated rings. The molecule has 0 aromatic heterocycles. The van der Waals surface area contributed by atoms with Crippen molar-refractivity contribution in [3.63, 3.8) is 0 Å². The summed E-state index contributed by atoms with van der Waals surface area (Å²) in [5.74, 6) is 0.902. The highest BCUT2D eigenvalue weighted by molar-refractivity contribution is 6.31. The molecule has 0 radical (unpaired) electrons. The Hall–Kier alpha value is -4.00. The zero-order chi connectivity index (χ0) is 26.7. The van der Waals surface area contributed by atoms with Gasteiger partial charge in [-0.1, -0.05) is 103 Å². The van der Waals surface area contributed by atoms with E-state index in [9.17, 15) is 9.90 Å².